The van der Waals surface area contributed by atoms with Gasteiger partial charge in [0, 0.05) is 0 Å². The Hall–Kier alpha value is -2.58. The molecule has 312 valence electrons. The molecule has 0 radical (unpaired) electrons. The van der Waals surface area contributed by atoms with E-state index in [0.29, 0.717) is 0 Å². The third-order valence-corrected chi connectivity index (χ3v) is 31.7. The molecule has 4 aromatic carbocycles. The molecule has 2 aliphatic rings. The van der Waals surface area contributed by atoms with E-state index in [4.69, 9.17) is 0 Å². The van der Waals surface area contributed by atoms with E-state index in [0.717, 1.165) is 12.8 Å². The summed E-state index contributed by atoms with van der Waals surface area (Å²) < 4.78 is 3.81. The van der Waals surface area contributed by atoms with Gasteiger partial charge in [-0.05, 0) is 0 Å². The van der Waals surface area contributed by atoms with E-state index in [-0.39, 0.29) is 10.1 Å². The molecule has 2 atom stereocenters. The molecule has 0 aliphatic heterocycles. The molecule has 0 N–H and O–H groups in total. The summed E-state index contributed by atoms with van der Waals surface area (Å²) >= 11 is -3.18. The Morgan fingerprint density at radius 3 is 1.05 bits per heavy atom. The number of hydrogen-bond acceptors (Lipinski definition) is 0. The van der Waals surface area contributed by atoms with Gasteiger partial charge in [-0.3, -0.25) is 0 Å². The van der Waals surface area contributed by atoms with Crippen LogP contribution in [0.25, 0.3) is 0 Å². The van der Waals surface area contributed by atoms with Crippen molar-refractivity contribution in [2.75, 3.05) is 0 Å². The van der Waals surface area contributed by atoms with Gasteiger partial charge in [-0.1, -0.05) is 0 Å². The Balaban J connectivity index is 1.64. The summed E-state index contributed by atoms with van der Waals surface area (Å²) in [6.45, 7) is 39.5. The third kappa shape index (κ3) is 8.89. The molecule has 0 nitrogen and oxygen atoms in total. The molecule has 0 aromatic heterocycles. The predicted molar refractivity (Wildman–Crippen MR) is 274 cm³/mol. The van der Waals surface area contributed by atoms with Crippen molar-refractivity contribution in [3.63, 3.8) is 0 Å². The second kappa shape index (κ2) is 16.6. The molecule has 0 fully saturated rings. The molecule has 4 aromatic rings. The molecular formula is C54H76Si4Ti. The van der Waals surface area contributed by atoms with Crippen LogP contribution in [0.3, 0.4) is 0 Å². The number of allylic oxidation sites excluding steroid dienone is 8. The third-order valence-electron chi connectivity index (χ3n) is 14.9. The maximum atomic E-state index is 2.86. The van der Waals surface area contributed by atoms with Crippen LogP contribution in [-0.2, 0) is 29.4 Å². The molecule has 0 bridgehead atoms. The van der Waals surface area contributed by atoms with Crippen molar-refractivity contribution >= 4 is 55.9 Å². The summed E-state index contributed by atoms with van der Waals surface area (Å²) in [6, 6.07) is 34.9. The molecule has 0 saturated carbocycles. The molecule has 59 heavy (non-hydrogen) atoms. The van der Waals surface area contributed by atoms with Gasteiger partial charge in [-0.2, -0.15) is 0 Å². The monoisotopic (exact) mass is 884 g/mol. The fourth-order valence-corrected chi connectivity index (χ4v) is 33.2. The summed E-state index contributed by atoms with van der Waals surface area (Å²) in [5.41, 5.74) is 18.4. The van der Waals surface area contributed by atoms with Gasteiger partial charge in [0.2, 0.25) is 0 Å². The molecule has 2 unspecified atom stereocenters. The van der Waals surface area contributed by atoms with Gasteiger partial charge in [0.1, 0.15) is 0 Å². The van der Waals surface area contributed by atoms with Crippen LogP contribution in [0.4, 0.5) is 0 Å². The van der Waals surface area contributed by atoms with Crippen LogP contribution >= 0.6 is 0 Å². The predicted octanol–water partition coefficient (Wildman–Crippen LogP) is 11.6. The summed E-state index contributed by atoms with van der Waals surface area (Å²) in [7, 11) is -4.73. The molecular weight excluding hydrogens is 809 g/mol. The summed E-state index contributed by atoms with van der Waals surface area (Å²) in [6.07, 6.45) is 2.22. The zero-order valence-electron chi connectivity index (χ0n) is 40.4. The first-order valence-corrected chi connectivity index (χ1v) is 36.9. The fourth-order valence-electron chi connectivity index (χ4n) is 11.6. The zero-order chi connectivity index (χ0) is 43.6. The summed E-state index contributed by atoms with van der Waals surface area (Å²) in [5, 5.41) is 12.4. The van der Waals surface area contributed by atoms with E-state index in [1.54, 1.807) is 54.2 Å². The maximum absolute atomic E-state index is 3.18. The Bertz CT molecular complexity index is 2240. The van der Waals surface area contributed by atoms with Crippen LogP contribution in [0.2, 0.25) is 59.8 Å². The van der Waals surface area contributed by atoms with Crippen molar-refractivity contribution in [1.29, 1.82) is 0 Å². The van der Waals surface area contributed by atoms with Gasteiger partial charge in [0.15, 0.2) is 0 Å². The summed E-state index contributed by atoms with van der Waals surface area (Å²) in [5.74, 6) is 0. The molecule has 5 heteroatoms. The van der Waals surface area contributed by atoms with Crippen LogP contribution in [0.1, 0.15) is 74.9 Å². The zero-order valence-corrected chi connectivity index (χ0v) is 46.8. The van der Waals surface area contributed by atoms with Gasteiger partial charge in [0.25, 0.3) is 0 Å². The van der Waals surface area contributed by atoms with Crippen molar-refractivity contribution in [1.82, 2.24) is 0 Å². The average molecular weight is 885 g/mol. The molecule has 0 saturated heterocycles. The van der Waals surface area contributed by atoms with E-state index in [9.17, 15) is 0 Å². The van der Waals surface area contributed by atoms with Gasteiger partial charge >= 0.3 is 374 Å². The topological polar surface area (TPSA) is 0 Å². The van der Waals surface area contributed by atoms with Crippen LogP contribution in [0, 0.1) is 27.7 Å². The first-order valence-electron chi connectivity index (χ1n) is 22.4. The van der Waals surface area contributed by atoms with Gasteiger partial charge < -0.3 is 0 Å². The minimum absolute atomic E-state index is 0.0562. The van der Waals surface area contributed by atoms with Crippen molar-refractivity contribution in [3.8, 4) is 0 Å². The van der Waals surface area contributed by atoms with Crippen molar-refractivity contribution in [3.05, 3.63) is 160 Å². The molecule has 0 heterocycles. The van der Waals surface area contributed by atoms with E-state index in [2.05, 4.69) is 204 Å². The van der Waals surface area contributed by atoms with Gasteiger partial charge in [-0.25, -0.2) is 0 Å². The second-order valence-corrected chi connectivity index (χ2v) is 43.4. The van der Waals surface area contributed by atoms with E-state index < -0.39 is 51.8 Å². The fraction of sp³-hybridized carbons (Fsp3) is 0.407. The van der Waals surface area contributed by atoms with Crippen LogP contribution in [0.5, 0.6) is 0 Å². The Morgan fingerprint density at radius 2 is 0.746 bits per heavy atom. The average Bonchev–Trinajstić information content (AvgIpc) is 3.43. The first kappa shape index (κ1) is 45.9. The second-order valence-electron chi connectivity index (χ2n) is 21.9. The van der Waals surface area contributed by atoms with Gasteiger partial charge in [0.05, 0.1) is 0 Å². The van der Waals surface area contributed by atoms with E-state index in [1.807, 2.05) is 7.76 Å². The number of hydrogen-bond donors (Lipinski definition) is 0. The van der Waals surface area contributed by atoms with E-state index in [1.165, 1.54) is 33.4 Å². The Morgan fingerprint density at radius 1 is 0.424 bits per heavy atom. The minimum atomic E-state index is -3.18. The quantitative estimate of drug-likeness (QED) is 0.124. The SMILES string of the molecule is CC1=C(C)C(Cc2ccc(C)cc2)([SiH2]c2cc(C)cc([Si](C)(C)C)c2)[C]([Ti]([CH3])([CH3])[C]2=C(C)C(C)=C(C)C2(Cc2ccc(C)cc2)[SiH2]c2cc(C)cc([Si](C)(C)C)c2)=C1C. The first-order chi connectivity index (χ1) is 27.3. The summed E-state index contributed by atoms with van der Waals surface area (Å²) in [4.78, 5) is 0. The van der Waals surface area contributed by atoms with Crippen LogP contribution < -0.4 is 20.7 Å². The van der Waals surface area contributed by atoms with E-state index >= 15 is 0 Å². The molecule has 0 amide bonds. The van der Waals surface area contributed by atoms with Crippen LogP contribution in [0.15, 0.2) is 126 Å². The number of benzene rings is 4. The van der Waals surface area contributed by atoms with Crippen molar-refractivity contribution in [2.24, 2.45) is 0 Å². The number of rotatable bonds is 12. The standard InChI is InChI=1S/2C26H35Si2.2CH3.Ti/c2*1-18-9-11-23(12-10-18)17-26(16-20(3)21(4)22(26)5)27-24-13-19(2)14-25(15-24)28(6,7)8;;;/h2*9-15H,17,27H2,1-8H3;2*1H3;. The van der Waals surface area contributed by atoms with Crippen LogP contribution in [-0.4, -0.2) is 35.2 Å². The van der Waals surface area contributed by atoms with Crippen molar-refractivity contribution in [2.45, 2.75) is 142 Å². The molecule has 0 spiro atoms. The van der Waals surface area contributed by atoms with Gasteiger partial charge in [-0.15, -0.1) is 0 Å². The van der Waals surface area contributed by atoms with Crippen molar-refractivity contribution < 1.29 is 16.6 Å². The Kier molecular flexibility index (Phi) is 12.9. The number of aryl methyl sites for hydroxylation is 4. The Labute approximate surface area is 371 Å². The normalized spacial score (nSPS) is 20.9. The molecule has 2 aliphatic carbocycles. The molecule has 6 rings (SSSR count).